The van der Waals surface area contributed by atoms with E-state index >= 15 is 0 Å². The monoisotopic (exact) mass is 542 g/mol. The topological polar surface area (TPSA) is 105 Å². The molecule has 0 bridgehead atoms. The third kappa shape index (κ3) is 5.97. The van der Waals surface area contributed by atoms with Gasteiger partial charge in [-0.05, 0) is 59.5 Å². The van der Waals surface area contributed by atoms with E-state index in [0.29, 0.717) is 28.1 Å². The molecular formula is C28H25F3N2O6. The minimum Gasteiger partial charge on any atom is -0.496 e. The number of carbonyl (C=O) groups excluding carboxylic acids is 2. The number of aliphatic carboxylic acids is 1. The number of nitrogens with zero attached hydrogens (tertiary/aromatic N) is 1. The summed E-state index contributed by atoms with van der Waals surface area (Å²) in [5.41, 5.74) is 2.94. The molecule has 0 spiro atoms. The Labute approximate surface area is 222 Å². The summed E-state index contributed by atoms with van der Waals surface area (Å²) >= 11 is 0. The molecule has 1 aliphatic rings. The van der Waals surface area contributed by atoms with Crippen LogP contribution < -0.4 is 14.8 Å². The van der Waals surface area contributed by atoms with Gasteiger partial charge in [-0.1, -0.05) is 26.0 Å². The Morgan fingerprint density at radius 2 is 1.69 bits per heavy atom. The van der Waals surface area contributed by atoms with Crippen molar-refractivity contribution in [2.75, 3.05) is 12.4 Å². The molecule has 2 amide bonds. The molecule has 0 saturated carbocycles. The molecule has 0 aromatic heterocycles. The van der Waals surface area contributed by atoms with Crippen LogP contribution in [0.4, 0.5) is 18.9 Å². The summed E-state index contributed by atoms with van der Waals surface area (Å²) in [6.07, 6.45) is -4.83. The number of carboxylic acids is 1. The van der Waals surface area contributed by atoms with Gasteiger partial charge in [-0.3, -0.25) is 9.59 Å². The third-order valence-corrected chi connectivity index (χ3v) is 6.28. The highest BCUT2D eigenvalue weighted by atomic mass is 19.4. The smallest absolute Gasteiger partial charge is 0.496 e. The minimum absolute atomic E-state index is 0.121. The molecule has 11 heteroatoms. The highest BCUT2D eigenvalue weighted by Gasteiger charge is 2.38. The maximum Gasteiger partial charge on any atom is 0.573 e. The number of hydrogen-bond acceptors (Lipinski definition) is 5. The van der Waals surface area contributed by atoms with Crippen LogP contribution in [-0.4, -0.2) is 47.3 Å². The van der Waals surface area contributed by atoms with Crippen molar-refractivity contribution in [1.29, 1.82) is 0 Å². The largest absolute Gasteiger partial charge is 0.573 e. The number of halogens is 3. The Kier molecular flexibility index (Phi) is 7.53. The van der Waals surface area contributed by atoms with E-state index in [-0.39, 0.29) is 23.9 Å². The van der Waals surface area contributed by atoms with Crippen molar-refractivity contribution in [3.05, 3.63) is 77.4 Å². The Hall–Kier alpha value is -4.54. The number of benzene rings is 3. The fraction of sp³-hybridized carbons (Fsp3) is 0.250. The van der Waals surface area contributed by atoms with Gasteiger partial charge in [0, 0.05) is 35.0 Å². The summed E-state index contributed by atoms with van der Waals surface area (Å²) in [7, 11) is 1.45. The normalized spacial score (nSPS) is 13.7. The molecular weight excluding hydrogens is 517 g/mol. The third-order valence-electron chi connectivity index (χ3n) is 6.28. The van der Waals surface area contributed by atoms with E-state index < -0.39 is 30.0 Å². The lowest BCUT2D eigenvalue weighted by Crippen LogP contribution is -2.44. The number of anilines is 1. The Morgan fingerprint density at radius 3 is 2.28 bits per heavy atom. The Balaban J connectivity index is 1.54. The van der Waals surface area contributed by atoms with E-state index in [1.807, 2.05) is 0 Å². The average Bonchev–Trinajstić information content (AvgIpc) is 3.18. The average molecular weight is 543 g/mol. The van der Waals surface area contributed by atoms with Crippen LogP contribution >= 0.6 is 0 Å². The molecule has 1 aliphatic heterocycles. The predicted molar refractivity (Wildman–Crippen MR) is 136 cm³/mol. The summed E-state index contributed by atoms with van der Waals surface area (Å²) in [6, 6.07) is 13.7. The van der Waals surface area contributed by atoms with Crippen molar-refractivity contribution in [3.8, 4) is 22.6 Å². The second-order valence-corrected chi connectivity index (χ2v) is 9.27. The highest BCUT2D eigenvalue weighted by molar-refractivity contribution is 6.05. The molecule has 204 valence electrons. The van der Waals surface area contributed by atoms with E-state index in [0.717, 1.165) is 17.7 Å². The van der Waals surface area contributed by atoms with Crippen molar-refractivity contribution in [2.24, 2.45) is 5.92 Å². The lowest BCUT2D eigenvalue weighted by atomic mass is 9.99. The van der Waals surface area contributed by atoms with E-state index in [4.69, 9.17) is 4.74 Å². The Morgan fingerprint density at radius 1 is 1.00 bits per heavy atom. The van der Waals surface area contributed by atoms with Gasteiger partial charge in [-0.2, -0.15) is 0 Å². The lowest BCUT2D eigenvalue weighted by molar-refractivity contribution is -0.274. The molecule has 0 radical (unpaired) electrons. The van der Waals surface area contributed by atoms with Crippen LogP contribution in [0.3, 0.4) is 0 Å². The van der Waals surface area contributed by atoms with Crippen LogP contribution in [0.25, 0.3) is 11.1 Å². The van der Waals surface area contributed by atoms with Crippen molar-refractivity contribution in [2.45, 2.75) is 32.8 Å². The fourth-order valence-corrected chi connectivity index (χ4v) is 4.51. The lowest BCUT2D eigenvalue weighted by Gasteiger charge is -2.27. The van der Waals surface area contributed by atoms with Gasteiger partial charge in [0.05, 0.1) is 7.11 Å². The van der Waals surface area contributed by atoms with Gasteiger partial charge in [0.15, 0.2) is 0 Å². The van der Waals surface area contributed by atoms with Crippen LogP contribution in [0.15, 0.2) is 60.7 Å². The zero-order valence-electron chi connectivity index (χ0n) is 21.2. The number of amides is 2. The number of carbonyl (C=O) groups is 3. The number of carboxylic acid groups (broad SMARTS) is 1. The number of alkyl halides is 3. The number of hydrogen-bond donors (Lipinski definition) is 2. The zero-order valence-corrected chi connectivity index (χ0v) is 21.2. The first-order valence-electron chi connectivity index (χ1n) is 11.9. The first-order valence-corrected chi connectivity index (χ1v) is 11.9. The van der Waals surface area contributed by atoms with E-state index in [2.05, 4.69) is 10.1 Å². The molecule has 3 aromatic rings. The second kappa shape index (κ2) is 10.7. The summed E-state index contributed by atoms with van der Waals surface area (Å²) in [5, 5.41) is 12.3. The maximum absolute atomic E-state index is 13.1. The SMILES string of the molecule is COc1cc(NC(=O)c2ccc(OC(F)(F)F)cc2)ccc1-c1ccc2c(c1)C(=O)N(C(C(=O)O)C(C)C)C2. The number of ether oxygens (including phenoxy) is 2. The predicted octanol–water partition coefficient (Wildman–Crippen LogP) is 5.58. The highest BCUT2D eigenvalue weighted by Crippen LogP contribution is 2.36. The molecule has 39 heavy (non-hydrogen) atoms. The minimum atomic E-state index is -4.83. The van der Waals surface area contributed by atoms with Gasteiger partial charge in [0.2, 0.25) is 0 Å². The van der Waals surface area contributed by atoms with Crippen LogP contribution in [0.5, 0.6) is 11.5 Å². The fourth-order valence-electron chi connectivity index (χ4n) is 4.51. The molecule has 0 saturated heterocycles. The van der Waals surface area contributed by atoms with Crippen LogP contribution in [0, 0.1) is 5.92 Å². The first-order chi connectivity index (χ1) is 18.4. The molecule has 0 aliphatic carbocycles. The summed E-state index contributed by atoms with van der Waals surface area (Å²) in [5.74, 6) is -2.28. The zero-order chi connectivity index (χ0) is 28.5. The number of methoxy groups -OCH3 is 1. The van der Waals surface area contributed by atoms with Crippen LogP contribution in [0.1, 0.15) is 40.1 Å². The molecule has 1 unspecified atom stereocenters. The second-order valence-electron chi connectivity index (χ2n) is 9.27. The molecule has 1 heterocycles. The van der Waals surface area contributed by atoms with Crippen molar-refractivity contribution in [1.82, 2.24) is 4.90 Å². The molecule has 3 aromatic carbocycles. The number of fused-ring (bicyclic) bond motifs is 1. The number of rotatable bonds is 8. The van der Waals surface area contributed by atoms with Crippen molar-refractivity contribution in [3.63, 3.8) is 0 Å². The standard InChI is InChI=1S/C28H25F3N2O6/c1-15(2)24(27(36)37)33-14-18-5-4-17(12-22(18)26(33)35)21-11-8-19(13-23(21)38-3)32-25(34)16-6-9-20(10-7-16)39-28(29,30)31/h4-13,15,24H,14H2,1-3H3,(H,32,34)(H,36,37). The molecule has 0 fully saturated rings. The molecule has 2 N–H and O–H groups in total. The van der Waals surface area contributed by atoms with Crippen LogP contribution in [0.2, 0.25) is 0 Å². The summed E-state index contributed by atoms with van der Waals surface area (Å²) in [4.78, 5) is 38.9. The van der Waals surface area contributed by atoms with E-state index in [1.54, 1.807) is 50.2 Å². The van der Waals surface area contributed by atoms with E-state index in [1.165, 1.54) is 24.1 Å². The van der Waals surface area contributed by atoms with Crippen molar-refractivity contribution < 1.29 is 42.1 Å². The van der Waals surface area contributed by atoms with Crippen molar-refractivity contribution >= 4 is 23.5 Å². The van der Waals surface area contributed by atoms with Crippen LogP contribution in [-0.2, 0) is 11.3 Å². The molecule has 1 atom stereocenters. The molecule has 4 rings (SSSR count). The van der Waals surface area contributed by atoms with Gasteiger partial charge >= 0.3 is 12.3 Å². The summed E-state index contributed by atoms with van der Waals surface area (Å²) < 4.78 is 46.4. The van der Waals surface area contributed by atoms with Gasteiger partial charge < -0.3 is 24.8 Å². The Bertz CT molecular complexity index is 1420. The number of nitrogens with one attached hydrogen (secondary N) is 1. The quantitative estimate of drug-likeness (QED) is 0.385. The maximum atomic E-state index is 13.1. The molecule has 8 nitrogen and oxygen atoms in total. The van der Waals surface area contributed by atoms with Gasteiger partial charge in [-0.25, -0.2) is 4.79 Å². The van der Waals surface area contributed by atoms with Gasteiger partial charge in [-0.15, -0.1) is 13.2 Å². The van der Waals surface area contributed by atoms with Gasteiger partial charge in [0.1, 0.15) is 17.5 Å². The summed E-state index contributed by atoms with van der Waals surface area (Å²) in [6.45, 7) is 3.71. The van der Waals surface area contributed by atoms with Gasteiger partial charge in [0.25, 0.3) is 11.8 Å². The first kappa shape index (κ1) is 27.5. The van der Waals surface area contributed by atoms with E-state index in [9.17, 15) is 32.7 Å².